The Hall–Kier alpha value is -2.47. The molecule has 1 aliphatic rings. The van der Waals surface area contributed by atoms with Gasteiger partial charge in [0.05, 0.1) is 0 Å². The van der Waals surface area contributed by atoms with Crippen LogP contribution in [-0.2, 0) is 11.2 Å². The van der Waals surface area contributed by atoms with Crippen LogP contribution < -0.4 is 4.74 Å². The number of aryl methyl sites for hydroxylation is 1. The summed E-state index contributed by atoms with van der Waals surface area (Å²) in [6.07, 6.45) is 2.31. The minimum absolute atomic E-state index is 0.124. The minimum Gasteiger partial charge on any atom is -0.481 e. The van der Waals surface area contributed by atoms with Gasteiger partial charge in [-0.2, -0.15) is 0 Å². The third-order valence-corrected chi connectivity index (χ3v) is 5.23. The van der Waals surface area contributed by atoms with E-state index in [1.54, 1.807) is 6.92 Å². The number of carbonyl (C=O) groups excluding carboxylic acids is 1. The summed E-state index contributed by atoms with van der Waals surface area (Å²) in [5.74, 6) is -1.89. The Morgan fingerprint density at radius 1 is 1.03 bits per heavy atom. The lowest BCUT2D eigenvalue weighted by Gasteiger charge is -2.25. The van der Waals surface area contributed by atoms with Gasteiger partial charge in [0.2, 0.25) is 0 Å². The van der Waals surface area contributed by atoms with Gasteiger partial charge in [-0.1, -0.05) is 30.3 Å². The molecule has 1 fully saturated rings. The number of amides is 1. The maximum atomic E-state index is 13.3. The summed E-state index contributed by atoms with van der Waals surface area (Å²) in [6.45, 7) is 5.79. The van der Waals surface area contributed by atoms with Crippen molar-refractivity contribution in [1.29, 1.82) is 0 Å². The Morgan fingerprint density at radius 2 is 1.83 bits per heavy atom. The van der Waals surface area contributed by atoms with Crippen LogP contribution in [0.15, 0.2) is 48.5 Å². The fourth-order valence-electron chi connectivity index (χ4n) is 3.63. The summed E-state index contributed by atoms with van der Waals surface area (Å²) in [4.78, 5) is 16.9. The van der Waals surface area contributed by atoms with Crippen molar-refractivity contribution in [3.63, 3.8) is 0 Å². The van der Waals surface area contributed by atoms with E-state index in [4.69, 9.17) is 4.74 Å². The molecule has 0 saturated carbocycles. The number of hydrogen-bond acceptors (Lipinski definition) is 3. The first-order chi connectivity index (χ1) is 14.0. The first kappa shape index (κ1) is 21.2. The maximum absolute atomic E-state index is 13.3. The van der Waals surface area contributed by atoms with Gasteiger partial charge in [-0.15, -0.1) is 0 Å². The molecule has 1 unspecified atom stereocenters. The normalized spacial score (nSPS) is 16.3. The third kappa shape index (κ3) is 6.26. The average Bonchev–Trinajstić information content (AvgIpc) is 2.97. The number of hydrogen-bond donors (Lipinski definition) is 0. The highest BCUT2D eigenvalue weighted by atomic mass is 19.2. The second kappa shape index (κ2) is 10.3. The molecule has 1 amide bonds. The lowest BCUT2D eigenvalue weighted by atomic mass is 10.1. The molecule has 0 N–H and O–H groups in total. The van der Waals surface area contributed by atoms with E-state index in [0.29, 0.717) is 13.1 Å². The first-order valence-corrected chi connectivity index (χ1v) is 10.2. The van der Waals surface area contributed by atoms with Crippen LogP contribution in [-0.4, -0.2) is 54.5 Å². The molecule has 4 nitrogen and oxygen atoms in total. The Labute approximate surface area is 171 Å². The molecule has 0 spiro atoms. The molecule has 0 bridgehead atoms. The SMILES string of the molecule is CC(Oc1ccc(F)c(F)c1)C(=O)N1CCCN(CCCc2ccccc2)CC1. The van der Waals surface area contributed by atoms with Gasteiger partial charge in [0.15, 0.2) is 17.7 Å². The van der Waals surface area contributed by atoms with Crippen molar-refractivity contribution in [3.8, 4) is 5.75 Å². The number of rotatable bonds is 7. The molecule has 1 aliphatic heterocycles. The number of halogens is 2. The van der Waals surface area contributed by atoms with E-state index < -0.39 is 17.7 Å². The molecule has 2 aromatic rings. The number of carbonyl (C=O) groups is 1. The zero-order valence-corrected chi connectivity index (χ0v) is 16.8. The second-order valence-electron chi connectivity index (χ2n) is 7.45. The third-order valence-electron chi connectivity index (χ3n) is 5.23. The Morgan fingerprint density at radius 3 is 2.59 bits per heavy atom. The summed E-state index contributed by atoms with van der Waals surface area (Å²) in [5.41, 5.74) is 1.35. The number of ether oxygens (including phenoxy) is 1. The quantitative estimate of drug-likeness (QED) is 0.704. The summed E-state index contributed by atoms with van der Waals surface area (Å²) >= 11 is 0. The summed E-state index contributed by atoms with van der Waals surface area (Å²) in [6, 6.07) is 13.8. The summed E-state index contributed by atoms with van der Waals surface area (Å²) in [5, 5.41) is 0. The van der Waals surface area contributed by atoms with Crippen molar-refractivity contribution in [1.82, 2.24) is 9.80 Å². The highest BCUT2D eigenvalue weighted by molar-refractivity contribution is 5.81. The van der Waals surface area contributed by atoms with Gasteiger partial charge in [-0.3, -0.25) is 4.79 Å². The molecule has 0 aliphatic carbocycles. The van der Waals surface area contributed by atoms with Crippen molar-refractivity contribution in [2.75, 3.05) is 32.7 Å². The van der Waals surface area contributed by atoms with E-state index in [9.17, 15) is 13.6 Å². The Balaban J connectivity index is 1.45. The van der Waals surface area contributed by atoms with Crippen molar-refractivity contribution >= 4 is 5.91 Å². The zero-order valence-electron chi connectivity index (χ0n) is 16.8. The monoisotopic (exact) mass is 402 g/mol. The van der Waals surface area contributed by atoms with Crippen LogP contribution in [0.5, 0.6) is 5.75 Å². The van der Waals surface area contributed by atoms with Crippen molar-refractivity contribution in [2.24, 2.45) is 0 Å². The van der Waals surface area contributed by atoms with Gasteiger partial charge >= 0.3 is 0 Å². The van der Waals surface area contributed by atoms with Crippen LogP contribution in [0.1, 0.15) is 25.3 Å². The van der Waals surface area contributed by atoms with E-state index in [0.717, 1.165) is 51.0 Å². The molecule has 0 aromatic heterocycles. The molecule has 156 valence electrons. The summed E-state index contributed by atoms with van der Waals surface area (Å²) < 4.78 is 31.9. The van der Waals surface area contributed by atoms with E-state index in [1.165, 1.54) is 11.6 Å². The topological polar surface area (TPSA) is 32.8 Å². The van der Waals surface area contributed by atoms with Gasteiger partial charge < -0.3 is 14.5 Å². The average molecular weight is 402 g/mol. The van der Waals surface area contributed by atoms with Crippen LogP contribution in [0, 0.1) is 11.6 Å². The fraction of sp³-hybridized carbons (Fsp3) is 0.435. The predicted octanol–water partition coefficient (Wildman–Crippen LogP) is 3.90. The van der Waals surface area contributed by atoms with E-state index in [1.807, 2.05) is 11.0 Å². The molecule has 1 saturated heterocycles. The molecule has 29 heavy (non-hydrogen) atoms. The van der Waals surface area contributed by atoms with E-state index in [2.05, 4.69) is 29.2 Å². The van der Waals surface area contributed by atoms with Gasteiger partial charge in [-0.05, 0) is 57.0 Å². The molecule has 2 aromatic carbocycles. The Bertz CT molecular complexity index is 801. The molecular weight excluding hydrogens is 374 g/mol. The fourth-order valence-corrected chi connectivity index (χ4v) is 3.63. The number of nitrogens with zero attached hydrogens (tertiary/aromatic N) is 2. The zero-order chi connectivity index (χ0) is 20.6. The highest BCUT2D eigenvalue weighted by Gasteiger charge is 2.24. The standard InChI is InChI=1S/C23H28F2N2O2/c1-18(29-20-10-11-21(24)22(25)17-20)23(28)27-14-6-13-26(15-16-27)12-5-9-19-7-3-2-4-8-19/h2-4,7-8,10-11,17-18H,5-6,9,12-16H2,1H3. The minimum atomic E-state index is -0.983. The first-order valence-electron chi connectivity index (χ1n) is 10.2. The van der Waals surface area contributed by atoms with Crippen molar-refractivity contribution in [3.05, 3.63) is 65.7 Å². The maximum Gasteiger partial charge on any atom is 0.263 e. The number of benzene rings is 2. The van der Waals surface area contributed by atoms with Crippen LogP contribution in [0.3, 0.4) is 0 Å². The second-order valence-corrected chi connectivity index (χ2v) is 7.45. The molecule has 6 heteroatoms. The van der Waals surface area contributed by atoms with E-state index in [-0.39, 0.29) is 11.7 Å². The molecule has 1 atom stereocenters. The molecule has 1 heterocycles. The molecule has 3 rings (SSSR count). The smallest absolute Gasteiger partial charge is 0.263 e. The Kier molecular flexibility index (Phi) is 7.58. The van der Waals surface area contributed by atoms with Crippen LogP contribution in [0.4, 0.5) is 8.78 Å². The van der Waals surface area contributed by atoms with Gasteiger partial charge in [0, 0.05) is 25.7 Å². The highest BCUT2D eigenvalue weighted by Crippen LogP contribution is 2.18. The van der Waals surface area contributed by atoms with Gasteiger partial charge in [-0.25, -0.2) is 8.78 Å². The lowest BCUT2D eigenvalue weighted by molar-refractivity contribution is -0.137. The van der Waals surface area contributed by atoms with Crippen LogP contribution in [0.25, 0.3) is 0 Å². The molecular formula is C23H28F2N2O2. The summed E-state index contributed by atoms with van der Waals surface area (Å²) in [7, 11) is 0. The van der Waals surface area contributed by atoms with Gasteiger partial charge in [0.1, 0.15) is 5.75 Å². The predicted molar refractivity (Wildman–Crippen MR) is 109 cm³/mol. The van der Waals surface area contributed by atoms with E-state index >= 15 is 0 Å². The van der Waals surface area contributed by atoms with Crippen LogP contribution >= 0.6 is 0 Å². The van der Waals surface area contributed by atoms with Crippen LogP contribution in [0.2, 0.25) is 0 Å². The van der Waals surface area contributed by atoms with Crippen molar-refractivity contribution < 1.29 is 18.3 Å². The molecule has 0 radical (unpaired) electrons. The van der Waals surface area contributed by atoms with Crippen molar-refractivity contribution in [2.45, 2.75) is 32.3 Å². The lowest BCUT2D eigenvalue weighted by Crippen LogP contribution is -2.42. The largest absolute Gasteiger partial charge is 0.481 e. The van der Waals surface area contributed by atoms with Gasteiger partial charge in [0.25, 0.3) is 5.91 Å².